The Morgan fingerprint density at radius 3 is 2.85 bits per heavy atom. The molecule has 2 aromatic rings. The number of nitrogens with one attached hydrogen (secondary N) is 1. The second-order valence-corrected chi connectivity index (χ2v) is 5.47. The first-order valence-electron chi connectivity index (χ1n) is 5.97. The van der Waals surface area contributed by atoms with E-state index in [-0.39, 0.29) is 0 Å². The zero-order valence-electron chi connectivity index (χ0n) is 10.6. The summed E-state index contributed by atoms with van der Waals surface area (Å²) >= 11 is 3.45. The van der Waals surface area contributed by atoms with Crippen molar-refractivity contribution in [3.63, 3.8) is 0 Å². The van der Waals surface area contributed by atoms with Crippen LogP contribution >= 0.6 is 15.9 Å². The number of Topliss-reactive ketones (excluding diaryl/α,β-unsaturated/α-hetero) is 1. The van der Waals surface area contributed by atoms with Gasteiger partial charge in [0.05, 0.1) is 29.5 Å². The highest BCUT2D eigenvalue weighted by molar-refractivity contribution is 9.10. The predicted octanol–water partition coefficient (Wildman–Crippen LogP) is 2.81. The molecule has 1 aliphatic heterocycles. The molecule has 3 rings (SSSR count). The lowest BCUT2D eigenvalue weighted by Crippen LogP contribution is -2.16. The molecule has 0 atom stereocenters. The molecule has 2 heterocycles. The molecule has 0 saturated heterocycles. The van der Waals surface area contributed by atoms with Gasteiger partial charge < -0.3 is 14.6 Å². The van der Waals surface area contributed by atoms with E-state index in [1.54, 1.807) is 24.7 Å². The minimum absolute atomic E-state index is 0.405. The minimum Gasteiger partial charge on any atom is -0.472 e. The van der Waals surface area contributed by atoms with E-state index in [0.29, 0.717) is 17.8 Å². The summed E-state index contributed by atoms with van der Waals surface area (Å²) in [5.41, 5.74) is 2.89. The van der Waals surface area contributed by atoms with Gasteiger partial charge in [-0.3, -0.25) is 9.59 Å². The fourth-order valence-corrected chi connectivity index (χ4v) is 2.83. The SMILES string of the molecule is CN(Cc1ccoc1)c1cc2c(cc1Br)C(=O)C(=O)N2. The van der Waals surface area contributed by atoms with Gasteiger partial charge >= 0.3 is 0 Å². The predicted molar refractivity (Wildman–Crippen MR) is 77.9 cm³/mol. The average molecular weight is 335 g/mol. The highest BCUT2D eigenvalue weighted by Crippen LogP contribution is 2.35. The van der Waals surface area contributed by atoms with Crippen LogP contribution in [0.1, 0.15) is 15.9 Å². The van der Waals surface area contributed by atoms with E-state index in [4.69, 9.17) is 4.42 Å². The number of nitrogens with zero attached hydrogens (tertiary/aromatic N) is 1. The molecule has 0 radical (unpaired) electrons. The molecule has 1 aliphatic rings. The number of amides is 1. The summed E-state index contributed by atoms with van der Waals surface area (Å²) in [7, 11) is 1.93. The molecule has 5 nitrogen and oxygen atoms in total. The topological polar surface area (TPSA) is 62.6 Å². The Labute approximate surface area is 123 Å². The minimum atomic E-state index is -0.582. The standard InChI is InChI=1S/C14H11BrN2O3/c1-17(6-8-2-3-20-7-8)12-5-11-9(4-10(12)15)13(18)14(19)16-11/h2-5,7H,6H2,1H3,(H,16,18,19). The number of furan rings is 1. The molecular formula is C14H11BrN2O3. The molecule has 20 heavy (non-hydrogen) atoms. The molecule has 0 aliphatic carbocycles. The van der Waals surface area contributed by atoms with Crippen molar-refractivity contribution in [2.75, 3.05) is 17.3 Å². The van der Waals surface area contributed by atoms with E-state index in [9.17, 15) is 9.59 Å². The smallest absolute Gasteiger partial charge is 0.296 e. The van der Waals surface area contributed by atoms with Crippen molar-refractivity contribution in [3.8, 4) is 0 Å². The van der Waals surface area contributed by atoms with Crippen LogP contribution in [0.15, 0.2) is 39.6 Å². The summed E-state index contributed by atoms with van der Waals surface area (Å²) in [6.45, 7) is 0.662. The van der Waals surface area contributed by atoms with Crippen LogP contribution in [-0.4, -0.2) is 18.7 Å². The number of ketones is 1. The molecule has 0 bridgehead atoms. The fraction of sp³-hybridized carbons (Fsp3) is 0.143. The van der Waals surface area contributed by atoms with E-state index in [1.807, 2.05) is 18.0 Å². The number of carbonyl (C=O) groups is 2. The van der Waals surface area contributed by atoms with Crippen LogP contribution in [0.3, 0.4) is 0 Å². The van der Waals surface area contributed by atoms with Gasteiger partial charge in [0, 0.05) is 23.6 Å². The van der Waals surface area contributed by atoms with E-state index in [0.717, 1.165) is 15.7 Å². The lowest BCUT2D eigenvalue weighted by molar-refractivity contribution is -0.112. The molecule has 0 spiro atoms. The Balaban J connectivity index is 1.93. The number of hydrogen-bond donors (Lipinski definition) is 1. The molecular weight excluding hydrogens is 324 g/mol. The number of fused-ring (bicyclic) bond motifs is 1. The van der Waals surface area contributed by atoms with Gasteiger partial charge in [0.1, 0.15) is 0 Å². The third kappa shape index (κ3) is 2.12. The highest BCUT2D eigenvalue weighted by Gasteiger charge is 2.29. The van der Waals surface area contributed by atoms with Crippen molar-refractivity contribution in [2.45, 2.75) is 6.54 Å². The van der Waals surface area contributed by atoms with Gasteiger partial charge in [-0.15, -0.1) is 0 Å². The van der Waals surface area contributed by atoms with E-state index in [2.05, 4.69) is 21.2 Å². The number of anilines is 2. The van der Waals surface area contributed by atoms with Gasteiger partial charge in [-0.25, -0.2) is 0 Å². The van der Waals surface area contributed by atoms with Crippen molar-refractivity contribution in [1.82, 2.24) is 0 Å². The first-order chi connectivity index (χ1) is 9.56. The molecule has 0 unspecified atom stereocenters. The van der Waals surface area contributed by atoms with Crippen LogP contribution in [0.4, 0.5) is 11.4 Å². The van der Waals surface area contributed by atoms with Crippen molar-refractivity contribution in [2.24, 2.45) is 0 Å². The maximum atomic E-state index is 11.6. The van der Waals surface area contributed by atoms with Gasteiger partial charge in [-0.1, -0.05) is 0 Å². The molecule has 0 saturated carbocycles. The van der Waals surface area contributed by atoms with Gasteiger partial charge in [-0.2, -0.15) is 0 Å². The lowest BCUT2D eigenvalue weighted by atomic mass is 10.1. The Kier molecular flexibility index (Phi) is 3.10. The maximum absolute atomic E-state index is 11.6. The van der Waals surface area contributed by atoms with E-state index in [1.165, 1.54) is 0 Å². The van der Waals surface area contributed by atoms with Gasteiger partial charge in [0.15, 0.2) is 0 Å². The molecule has 6 heteroatoms. The largest absolute Gasteiger partial charge is 0.472 e. The molecule has 1 aromatic carbocycles. The summed E-state index contributed by atoms with van der Waals surface area (Å²) in [4.78, 5) is 25.0. The lowest BCUT2D eigenvalue weighted by Gasteiger charge is -2.20. The quantitative estimate of drug-likeness (QED) is 0.876. The third-order valence-corrected chi connectivity index (χ3v) is 3.83. The molecule has 102 valence electrons. The monoisotopic (exact) mass is 334 g/mol. The molecule has 0 fully saturated rings. The molecule has 1 aromatic heterocycles. The fourth-order valence-electron chi connectivity index (χ4n) is 2.19. The second-order valence-electron chi connectivity index (χ2n) is 4.62. The summed E-state index contributed by atoms with van der Waals surface area (Å²) in [5, 5.41) is 2.57. The first kappa shape index (κ1) is 12.9. The maximum Gasteiger partial charge on any atom is 0.296 e. The summed E-state index contributed by atoms with van der Waals surface area (Å²) in [6.07, 6.45) is 3.31. The van der Waals surface area contributed by atoms with Crippen LogP contribution in [0.2, 0.25) is 0 Å². The van der Waals surface area contributed by atoms with Crippen molar-refractivity contribution in [3.05, 3.63) is 46.3 Å². The van der Waals surface area contributed by atoms with Gasteiger partial charge in [-0.05, 0) is 34.1 Å². The Bertz CT molecular complexity index is 695. The van der Waals surface area contributed by atoms with Crippen LogP contribution in [0, 0.1) is 0 Å². The normalized spacial score (nSPS) is 13.3. The van der Waals surface area contributed by atoms with E-state index < -0.39 is 11.7 Å². The Morgan fingerprint density at radius 1 is 1.35 bits per heavy atom. The third-order valence-electron chi connectivity index (χ3n) is 3.20. The van der Waals surface area contributed by atoms with Crippen LogP contribution < -0.4 is 10.2 Å². The zero-order valence-corrected chi connectivity index (χ0v) is 12.2. The van der Waals surface area contributed by atoms with Crippen molar-refractivity contribution >= 4 is 39.0 Å². The number of carbonyl (C=O) groups excluding carboxylic acids is 2. The van der Waals surface area contributed by atoms with Crippen LogP contribution in [-0.2, 0) is 11.3 Å². The number of benzene rings is 1. The van der Waals surface area contributed by atoms with Gasteiger partial charge in [0.2, 0.25) is 0 Å². The average Bonchev–Trinajstić information content (AvgIpc) is 3.00. The number of halogens is 1. The van der Waals surface area contributed by atoms with E-state index >= 15 is 0 Å². The second kappa shape index (κ2) is 4.79. The highest BCUT2D eigenvalue weighted by atomic mass is 79.9. The first-order valence-corrected chi connectivity index (χ1v) is 6.77. The summed E-state index contributed by atoms with van der Waals surface area (Å²) in [5.74, 6) is -1.08. The van der Waals surface area contributed by atoms with Crippen LogP contribution in [0.5, 0.6) is 0 Å². The summed E-state index contributed by atoms with van der Waals surface area (Å²) < 4.78 is 5.81. The van der Waals surface area contributed by atoms with Crippen molar-refractivity contribution in [1.29, 1.82) is 0 Å². The number of hydrogen-bond acceptors (Lipinski definition) is 4. The molecule has 1 amide bonds. The van der Waals surface area contributed by atoms with Gasteiger partial charge in [0.25, 0.3) is 11.7 Å². The Morgan fingerprint density at radius 2 is 2.15 bits per heavy atom. The summed E-state index contributed by atoms with van der Waals surface area (Å²) in [6, 6.07) is 5.36. The Hall–Kier alpha value is -2.08. The number of rotatable bonds is 3. The van der Waals surface area contributed by atoms with Crippen molar-refractivity contribution < 1.29 is 14.0 Å². The zero-order chi connectivity index (χ0) is 14.3. The molecule has 1 N–H and O–H groups in total. The van der Waals surface area contributed by atoms with Crippen LogP contribution in [0.25, 0.3) is 0 Å².